The van der Waals surface area contributed by atoms with Crippen LogP contribution in [-0.2, 0) is 15.6 Å². The van der Waals surface area contributed by atoms with E-state index in [-0.39, 0.29) is 17.3 Å². The SMILES string of the molecule is COc1c(C(N)CC(N)=O)cc(C(C)(C)C)cc1C(C)(C)C. The second kappa shape index (κ2) is 6.29. The van der Waals surface area contributed by atoms with Crippen LogP contribution < -0.4 is 16.2 Å². The van der Waals surface area contributed by atoms with Crippen molar-refractivity contribution in [1.29, 1.82) is 0 Å². The molecule has 0 fully saturated rings. The molecule has 4 N–H and O–H groups in total. The van der Waals surface area contributed by atoms with Gasteiger partial charge in [0, 0.05) is 23.6 Å². The highest BCUT2D eigenvalue weighted by Crippen LogP contribution is 2.40. The molecule has 22 heavy (non-hydrogen) atoms. The lowest BCUT2D eigenvalue weighted by molar-refractivity contribution is -0.118. The lowest BCUT2D eigenvalue weighted by Gasteiger charge is -2.30. The van der Waals surface area contributed by atoms with E-state index in [0.29, 0.717) is 0 Å². The van der Waals surface area contributed by atoms with Gasteiger partial charge in [-0.3, -0.25) is 4.79 Å². The number of carbonyl (C=O) groups excluding carboxylic acids is 1. The van der Waals surface area contributed by atoms with Gasteiger partial charge in [-0.15, -0.1) is 0 Å². The zero-order chi connectivity index (χ0) is 17.3. The summed E-state index contributed by atoms with van der Waals surface area (Å²) in [5.41, 5.74) is 14.5. The van der Waals surface area contributed by atoms with Crippen LogP contribution in [0.2, 0.25) is 0 Å². The van der Waals surface area contributed by atoms with Crippen molar-refractivity contribution in [3.05, 3.63) is 28.8 Å². The van der Waals surface area contributed by atoms with Gasteiger partial charge in [0.05, 0.1) is 7.11 Å². The predicted octanol–water partition coefficient (Wildman–Crippen LogP) is 3.17. The maximum absolute atomic E-state index is 11.2. The average Bonchev–Trinajstić information content (AvgIpc) is 2.33. The van der Waals surface area contributed by atoms with Crippen LogP contribution in [0.5, 0.6) is 5.75 Å². The summed E-state index contributed by atoms with van der Waals surface area (Å²) in [4.78, 5) is 11.2. The summed E-state index contributed by atoms with van der Waals surface area (Å²) in [5, 5.41) is 0. The number of hydrogen-bond donors (Lipinski definition) is 2. The maximum Gasteiger partial charge on any atom is 0.219 e. The number of primary amides is 1. The van der Waals surface area contributed by atoms with Crippen molar-refractivity contribution in [2.75, 3.05) is 7.11 Å². The van der Waals surface area contributed by atoms with E-state index < -0.39 is 11.9 Å². The number of benzene rings is 1. The number of carbonyl (C=O) groups is 1. The summed E-state index contributed by atoms with van der Waals surface area (Å²) in [6.45, 7) is 12.9. The van der Waals surface area contributed by atoms with E-state index in [2.05, 4.69) is 47.6 Å². The summed E-state index contributed by atoms with van der Waals surface area (Å²) < 4.78 is 5.64. The first-order valence-electron chi connectivity index (χ1n) is 7.64. The number of methoxy groups -OCH3 is 1. The monoisotopic (exact) mass is 306 g/mol. The molecule has 0 saturated carbocycles. The highest BCUT2D eigenvalue weighted by atomic mass is 16.5. The number of ether oxygens (including phenoxy) is 1. The van der Waals surface area contributed by atoms with Crippen LogP contribution in [0.25, 0.3) is 0 Å². The molecular formula is C18H30N2O2. The normalized spacial score (nSPS) is 13.8. The second-order valence-electron chi connectivity index (χ2n) is 7.92. The molecule has 0 saturated heterocycles. The molecule has 124 valence electrons. The summed E-state index contributed by atoms with van der Waals surface area (Å²) in [5.74, 6) is 0.349. The smallest absolute Gasteiger partial charge is 0.219 e. The first-order valence-corrected chi connectivity index (χ1v) is 7.64. The quantitative estimate of drug-likeness (QED) is 0.897. The Kier molecular flexibility index (Phi) is 5.29. The highest BCUT2D eigenvalue weighted by Gasteiger charge is 2.27. The molecule has 0 aliphatic heterocycles. The van der Waals surface area contributed by atoms with Crippen molar-refractivity contribution < 1.29 is 9.53 Å². The Balaban J connectivity index is 3.62. The maximum atomic E-state index is 11.2. The molecular weight excluding hydrogens is 276 g/mol. The Morgan fingerprint density at radius 3 is 2.05 bits per heavy atom. The molecule has 0 aliphatic carbocycles. The summed E-state index contributed by atoms with van der Waals surface area (Å²) in [6.07, 6.45) is 0.105. The van der Waals surface area contributed by atoms with Gasteiger partial charge in [0.2, 0.25) is 5.91 Å². The Hall–Kier alpha value is -1.55. The molecule has 1 aromatic rings. The molecule has 0 aliphatic rings. The number of rotatable bonds is 4. The molecule has 0 bridgehead atoms. The Morgan fingerprint density at radius 1 is 1.14 bits per heavy atom. The molecule has 1 amide bonds. The van der Waals surface area contributed by atoms with E-state index in [1.54, 1.807) is 7.11 Å². The van der Waals surface area contributed by atoms with E-state index in [1.165, 1.54) is 5.56 Å². The zero-order valence-corrected chi connectivity index (χ0v) is 14.9. The van der Waals surface area contributed by atoms with Crippen molar-refractivity contribution >= 4 is 5.91 Å². The molecule has 1 atom stereocenters. The third-order valence-electron chi connectivity index (χ3n) is 3.82. The number of hydrogen-bond acceptors (Lipinski definition) is 3. The molecule has 4 heteroatoms. The van der Waals surface area contributed by atoms with E-state index in [9.17, 15) is 4.79 Å². The van der Waals surface area contributed by atoms with Crippen molar-refractivity contribution in [3.63, 3.8) is 0 Å². The van der Waals surface area contributed by atoms with Crippen LogP contribution in [0.1, 0.15) is 70.7 Å². The van der Waals surface area contributed by atoms with Crippen LogP contribution in [0.4, 0.5) is 0 Å². The summed E-state index contributed by atoms with van der Waals surface area (Å²) in [6, 6.07) is 3.76. The van der Waals surface area contributed by atoms with Crippen LogP contribution in [0.15, 0.2) is 12.1 Å². The summed E-state index contributed by atoms with van der Waals surface area (Å²) in [7, 11) is 1.64. The second-order valence-corrected chi connectivity index (χ2v) is 7.92. The van der Waals surface area contributed by atoms with Gasteiger partial charge in [-0.1, -0.05) is 47.6 Å². The van der Waals surface area contributed by atoms with Gasteiger partial charge in [0.15, 0.2) is 0 Å². The number of amides is 1. The van der Waals surface area contributed by atoms with Crippen LogP contribution in [0.3, 0.4) is 0 Å². The Labute approximate surface area is 134 Å². The fourth-order valence-electron chi connectivity index (χ4n) is 2.47. The molecule has 1 unspecified atom stereocenters. The van der Waals surface area contributed by atoms with Crippen molar-refractivity contribution in [2.24, 2.45) is 11.5 Å². The van der Waals surface area contributed by atoms with Gasteiger partial charge in [-0.05, 0) is 22.5 Å². The van der Waals surface area contributed by atoms with E-state index in [4.69, 9.17) is 16.2 Å². The topological polar surface area (TPSA) is 78.3 Å². The molecule has 4 nitrogen and oxygen atoms in total. The molecule has 0 heterocycles. The number of nitrogens with two attached hydrogens (primary N) is 2. The first-order chi connectivity index (χ1) is 9.87. The fraction of sp³-hybridized carbons (Fsp3) is 0.611. The standard InChI is InChI=1S/C18H30N2O2/c1-17(2,3)11-8-12(14(19)10-15(20)21)16(22-7)13(9-11)18(4,5)6/h8-9,14H,10,19H2,1-7H3,(H2,20,21). The van der Waals surface area contributed by atoms with Crippen molar-refractivity contribution in [2.45, 2.75) is 64.8 Å². The van der Waals surface area contributed by atoms with Crippen molar-refractivity contribution in [1.82, 2.24) is 0 Å². The minimum absolute atomic E-state index is 0.0204. The van der Waals surface area contributed by atoms with Gasteiger partial charge in [-0.2, -0.15) is 0 Å². The minimum atomic E-state index is -0.462. The molecule has 0 aromatic heterocycles. The van der Waals surface area contributed by atoms with Gasteiger partial charge < -0.3 is 16.2 Å². The van der Waals surface area contributed by atoms with Crippen LogP contribution in [-0.4, -0.2) is 13.0 Å². The predicted molar refractivity (Wildman–Crippen MR) is 91.1 cm³/mol. The van der Waals surface area contributed by atoms with Crippen molar-refractivity contribution in [3.8, 4) is 5.75 Å². The van der Waals surface area contributed by atoms with Gasteiger partial charge in [0.25, 0.3) is 0 Å². The minimum Gasteiger partial charge on any atom is -0.496 e. The van der Waals surface area contributed by atoms with E-state index in [1.807, 2.05) is 6.07 Å². The molecule has 1 aromatic carbocycles. The highest BCUT2D eigenvalue weighted by molar-refractivity contribution is 5.75. The zero-order valence-electron chi connectivity index (χ0n) is 14.9. The molecule has 0 radical (unpaired) electrons. The molecule has 0 spiro atoms. The van der Waals surface area contributed by atoms with E-state index in [0.717, 1.165) is 16.9 Å². The largest absolute Gasteiger partial charge is 0.496 e. The molecule has 1 rings (SSSR count). The fourth-order valence-corrected chi connectivity index (χ4v) is 2.47. The van der Waals surface area contributed by atoms with Crippen LogP contribution in [0, 0.1) is 0 Å². The Bertz CT molecular complexity index is 551. The lowest BCUT2D eigenvalue weighted by Crippen LogP contribution is -2.24. The van der Waals surface area contributed by atoms with Crippen LogP contribution >= 0.6 is 0 Å². The lowest BCUT2D eigenvalue weighted by atomic mass is 9.78. The van der Waals surface area contributed by atoms with Gasteiger partial charge in [-0.25, -0.2) is 0 Å². The van der Waals surface area contributed by atoms with Gasteiger partial charge >= 0.3 is 0 Å². The third-order valence-corrected chi connectivity index (χ3v) is 3.82. The average molecular weight is 306 g/mol. The van der Waals surface area contributed by atoms with E-state index >= 15 is 0 Å². The van der Waals surface area contributed by atoms with Gasteiger partial charge in [0.1, 0.15) is 5.75 Å². The third kappa shape index (κ3) is 4.23. The summed E-state index contributed by atoms with van der Waals surface area (Å²) >= 11 is 0. The Morgan fingerprint density at radius 2 is 1.68 bits per heavy atom. The first kappa shape index (κ1) is 18.5.